The summed E-state index contributed by atoms with van der Waals surface area (Å²) in [6.07, 6.45) is 6.92. The highest BCUT2D eigenvalue weighted by molar-refractivity contribution is 5.20. The van der Waals surface area contributed by atoms with E-state index in [0.717, 1.165) is 12.0 Å². The summed E-state index contributed by atoms with van der Waals surface area (Å²) in [5.41, 5.74) is 1.53. The number of hydrogen-bond acceptors (Lipinski definition) is 2. The number of piperidine rings is 2. The van der Waals surface area contributed by atoms with Gasteiger partial charge in [-0.15, -0.1) is 0 Å². The van der Waals surface area contributed by atoms with Crippen molar-refractivity contribution in [2.45, 2.75) is 77.8 Å². The third-order valence-corrected chi connectivity index (χ3v) is 5.65. The fourth-order valence-electron chi connectivity index (χ4n) is 3.91. The molecule has 0 aliphatic carbocycles. The van der Waals surface area contributed by atoms with E-state index in [1.807, 2.05) is 0 Å². The van der Waals surface area contributed by atoms with Crippen LogP contribution in [-0.2, 0) is 0 Å². The fourth-order valence-corrected chi connectivity index (χ4v) is 3.91. The van der Waals surface area contributed by atoms with Gasteiger partial charge in [0.1, 0.15) is 0 Å². The molecular weight excluding hydrogens is 292 g/mol. The maximum atomic E-state index is 2.58. The standard InChI is InChI=1S/C14H21N.C8H17N/c1-12(2)15-10-8-14(9-11-15)13-6-4-3-5-7-13;1-8(2)9-6-4-3-5-7-9/h3-7,12,14H,8-11H2,1-2H3;8H,3-7H2,1-2H3. The first-order chi connectivity index (χ1) is 11.6. The molecule has 0 bridgehead atoms. The first-order valence-electron chi connectivity index (χ1n) is 10.1. The molecule has 2 fully saturated rings. The third kappa shape index (κ3) is 6.22. The van der Waals surface area contributed by atoms with Crippen molar-refractivity contribution < 1.29 is 0 Å². The van der Waals surface area contributed by atoms with Crippen molar-refractivity contribution in [2.75, 3.05) is 26.2 Å². The van der Waals surface area contributed by atoms with Crippen LogP contribution in [0.2, 0.25) is 0 Å². The topological polar surface area (TPSA) is 6.48 Å². The Hall–Kier alpha value is -0.860. The van der Waals surface area contributed by atoms with Gasteiger partial charge in [-0.2, -0.15) is 0 Å². The second-order valence-corrected chi connectivity index (χ2v) is 8.01. The van der Waals surface area contributed by atoms with E-state index < -0.39 is 0 Å². The summed E-state index contributed by atoms with van der Waals surface area (Å²) < 4.78 is 0. The van der Waals surface area contributed by atoms with Crippen molar-refractivity contribution in [1.82, 2.24) is 9.80 Å². The molecule has 0 saturated carbocycles. The van der Waals surface area contributed by atoms with Crippen LogP contribution in [0.3, 0.4) is 0 Å². The van der Waals surface area contributed by atoms with Crippen LogP contribution in [0, 0.1) is 0 Å². The molecule has 2 heteroatoms. The minimum Gasteiger partial charge on any atom is -0.301 e. The summed E-state index contributed by atoms with van der Waals surface area (Å²) in [6.45, 7) is 14.3. The number of rotatable bonds is 3. The highest BCUT2D eigenvalue weighted by atomic mass is 15.2. The van der Waals surface area contributed by atoms with E-state index in [9.17, 15) is 0 Å². The summed E-state index contributed by atoms with van der Waals surface area (Å²) in [6, 6.07) is 12.4. The van der Waals surface area contributed by atoms with Gasteiger partial charge in [-0.25, -0.2) is 0 Å². The summed E-state index contributed by atoms with van der Waals surface area (Å²) in [4.78, 5) is 5.14. The Morgan fingerprint density at radius 2 is 1.21 bits per heavy atom. The maximum Gasteiger partial charge on any atom is 0.00385 e. The van der Waals surface area contributed by atoms with Crippen LogP contribution in [-0.4, -0.2) is 48.1 Å². The number of hydrogen-bond donors (Lipinski definition) is 0. The van der Waals surface area contributed by atoms with Gasteiger partial charge in [0.25, 0.3) is 0 Å². The molecule has 2 nitrogen and oxygen atoms in total. The van der Waals surface area contributed by atoms with Gasteiger partial charge in [0.15, 0.2) is 0 Å². The fraction of sp³-hybridized carbons (Fsp3) is 0.727. The van der Waals surface area contributed by atoms with Gasteiger partial charge in [-0.1, -0.05) is 36.8 Å². The molecule has 0 radical (unpaired) electrons. The van der Waals surface area contributed by atoms with Crippen molar-refractivity contribution in [3.05, 3.63) is 35.9 Å². The zero-order valence-electron chi connectivity index (χ0n) is 16.4. The van der Waals surface area contributed by atoms with Crippen molar-refractivity contribution in [1.29, 1.82) is 0 Å². The normalized spacial score (nSPS) is 20.9. The molecule has 0 amide bonds. The molecule has 3 rings (SSSR count). The molecule has 0 atom stereocenters. The van der Waals surface area contributed by atoms with Crippen LogP contribution in [0.1, 0.15) is 71.3 Å². The Balaban J connectivity index is 0.000000198. The first-order valence-corrected chi connectivity index (χ1v) is 10.1. The average Bonchev–Trinajstić information content (AvgIpc) is 2.64. The molecule has 136 valence electrons. The molecule has 0 aromatic heterocycles. The van der Waals surface area contributed by atoms with Crippen molar-refractivity contribution in [2.24, 2.45) is 0 Å². The maximum absolute atomic E-state index is 2.58. The van der Waals surface area contributed by atoms with Crippen LogP contribution < -0.4 is 0 Å². The van der Waals surface area contributed by atoms with E-state index >= 15 is 0 Å². The third-order valence-electron chi connectivity index (χ3n) is 5.65. The van der Waals surface area contributed by atoms with Crippen LogP contribution in [0.25, 0.3) is 0 Å². The van der Waals surface area contributed by atoms with Crippen molar-refractivity contribution >= 4 is 0 Å². The molecule has 0 N–H and O–H groups in total. The molecule has 2 aliphatic rings. The van der Waals surface area contributed by atoms with Gasteiger partial charge < -0.3 is 9.80 Å². The van der Waals surface area contributed by atoms with Crippen molar-refractivity contribution in [3.8, 4) is 0 Å². The molecule has 1 aromatic rings. The molecule has 2 saturated heterocycles. The predicted molar refractivity (Wildman–Crippen MR) is 106 cm³/mol. The lowest BCUT2D eigenvalue weighted by Gasteiger charge is -2.34. The lowest BCUT2D eigenvalue weighted by molar-refractivity contribution is 0.172. The summed E-state index contributed by atoms with van der Waals surface area (Å²) in [5, 5.41) is 0. The van der Waals surface area contributed by atoms with Crippen LogP contribution >= 0.6 is 0 Å². The van der Waals surface area contributed by atoms with E-state index in [4.69, 9.17) is 0 Å². The van der Waals surface area contributed by atoms with Gasteiger partial charge in [0.05, 0.1) is 0 Å². The van der Waals surface area contributed by atoms with E-state index in [0.29, 0.717) is 6.04 Å². The predicted octanol–water partition coefficient (Wildman–Crippen LogP) is 5.16. The van der Waals surface area contributed by atoms with E-state index in [1.54, 1.807) is 0 Å². The number of likely N-dealkylation sites (tertiary alicyclic amines) is 2. The molecule has 2 aliphatic heterocycles. The minimum atomic E-state index is 0.710. The average molecular weight is 331 g/mol. The second kappa shape index (κ2) is 10.2. The highest BCUT2D eigenvalue weighted by Crippen LogP contribution is 2.28. The number of benzene rings is 1. The van der Waals surface area contributed by atoms with Crippen LogP contribution in [0.5, 0.6) is 0 Å². The zero-order valence-corrected chi connectivity index (χ0v) is 16.4. The van der Waals surface area contributed by atoms with Crippen molar-refractivity contribution in [3.63, 3.8) is 0 Å². The first kappa shape index (κ1) is 19.5. The quantitative estimate of drug-likeness (QED) is 0.756. The Morgan fingerprint density at radius 3 is 1.67 bits per heavy atom. The lowest BCUT2D eigenvalue weighted by atomic mass is 9.89. The molecule has 0 spiro atoms. The molecular formula is C22H38N2. The Bertz CT molecular complexity index is 427. The van der Waals surface area contributed by atoms with E-state index in [-0.39, 0.29) is 0 Å². The number of nitrogens with zero attached hydrogens (tertiary/aromatic N) is 2. The van der Waals surface area contributed by atoms with Gasteiger partial charge in [-0.05, 0) is 91.0 Å². The monoisotopic (exact) mass is 330 g/mol. The SMILES string of the molecule is CC(C)N1CCC(c2ccccc2)CC1.CC(C)N1CCCCC1. The molecule has 2 heterocycles. The highest BCUT2D eigenvalue weighted by Gasteiger charge is 2.21. The smallest absolute Gasteiger partial charge is 0.00385 e. The van der Waals surface area contributed by atoms with Crippen LogP contribution in [0.4, 0.5) is 0 Å². The summed E-state index contributed by atoms with van der Waals surface area (Å²) in [5.74, 6) is 0.793. The molecule has 1 aromatic carbocycles. The van der Waals surface area contributed by atoms with Gasteiger partial charge in [0.2, 0.25) is 0 Å². The minimum absolute atomic E-state index is 0.710. The summed E-state index contributed by atoms with van der Waals surface area (Å²) >= 11 is 0. The van der Waals surface area contributed by atoms with Gasteiger partial charge in [-0.3, -0.25) is 0 Å². The molecule has 0 unspecified atom stereocenters. The van der Waals surface area contributed by atoms with Crippen LogP contribution in [0.15, 0.2) is 30.3 Å². The van der Waals surface area contributed by atoms with E-state index in [1.165, 1.54) is 63.8 Å². The van der Waals surface area contributed by atoms with Gasteiger partial charge in [0, 0.05) is 12.1 Å². The molecule has 24 heavy (non-hydrogen) atoms. The Kier molecular flexibility index (Phi) is 8.28. The largest absolute Gasteiger partial charge is 0.301 e. The second-order valence-electron chi connectivity index (χ2n) is 8.01. The zero-order chi connectivity index (χ0) is 17.4. The lowest BCUT2D eigenvalue weighted by Crippen LogP contribution is -2.37. The summed E-state index contributed by atoms with van der Waals surface area (Å²) in [7, 11) is 0. The van der Waals surface area contributed by atoms with E-state index in [2.05, 4.69) is 67.8 Å². The Morgan fingerprint density at radius 1 is 0.708 bits per heavy atom. The Labute approximate surface area is 150 Å². The van der Waals surface area contributed by atoms with Gasteiger partial charge >= 0.3 is 0 Å².